The van der Waals surface area contributed by atoms with Gasteiger partial charge in [0.15, 0.2) is 5.78 Å². The number of likely N-dealkylation sites (tertiary alicyclic amines) is 2. The maximum Gasteiger partial charge on any atom is 0.319 e. The number of aliphatic hydroxyl groups excluding tert-OH is 1. The minimum absolute atomic E-state index is 0.0686. The number of nitrogens with zero attached hydrogens (tertiary/aromatic N) is 4. The molecule has 17 heteroatoms. The second kappa shape index (κ2) is 19.6. The van der Waals surface area contributed by atoms with Crippen molar-refractivity contribution in [3.63, 3.8) is 0 Å². The zero-order valence-electron chi connectivity index (χ0n) is 33.7. The molecule has 3 aliphatic rings. The van der Waals surface area contributed by atoms with E-state index in [0.717, 1.165) is 11.1 Å². The Kier molecular flexibility index (Phi) is 14.9. The van der Waals surface area contributed by atoms with E-state index in [0.29, 0.717) is 43.1 Å². The first-order valence-corrected chi connectivity index (χ1v) is 20.1. The van der Waals surface area contributed by atoms with Gasteiger partial charge >= 0.3 is 6.03 Å². The quantitative estimate of drug-likeness (QED) is 0.198. The highest BCUT2D eigenvalue weighted by Gasteiger charge is 2.45. The van der Waals surface area contributed by atoms with Gasteiger partial charge in [-0.05, 0) is 76.8 Å². The van der Waals surface area contributed by atoms with E-state index in [2.05, 4.69) is 21.3 Å². The fourth-order valence-electron chi connectivity index (χ4n) is 8.01. The zero-order valence-corrected chi connectivity index (χ0v) is 34.5. The minimum atomic E-state index is -1.44. The highest BCUT2D eigenvalue weighted by Crippen LogP contribution is 2.26. The van der Waals surface area contributed by atoms with Gasteiger partial charge in [0.1, 0.15) is 30.2 Å². The molecule has 5 rings (SSSR count). The summed E-state index contributed by atoms with van der Waals surface area (Å²) in [5.41, 5.74) is 2.09. The first kappa shape index (κ1) is 44.1. The van der Waals surface area contributed by atoms with Crippen molar-refractivity contribution in [1.82, 2.24) is 35.6 Å². The molecule has 16 nitrogen and oxygen atoms in total. The summed E-state index contributed by atoms with van der Waals surface area (Å²) in [6.07, 6.45) is 1.39. The summed E-state index contributed by atoms with van der Waals surface area (Å²) in [6.45, 7) is 7.52. The number of piperazine rings is 1. The molecular formula is C41H55ClN8O8. The molecule has 0 aromatic heterocycles. The Hall–Kier alpha value is -5.06. The Bertz CT molecular complexity index is 1880. The molecule has 3 fully saturated rings. The number of anilines is 1. The second-order valence-corrected chi connectivity index (χ2v) is 16.2. The van der Waals surface area contributed by atoms with Gasteiger partial charge in [-0.3, -0.25) is 28.8 Å². The minimum Gasteiger partial charge on any atom is -0.394 e. The molecule has 314 valence electrons. The van der Waals surface area contributed by atoms with Crippen LogP contribution in [-0.2, 0) is 35.2 Å². The summed E-state index contributed by atoms with van der Waals surface area (Å²) in [5.74, 6) is -2.74. The maximum atomic E-state index is 14.3. The van der Waals surface area contributed by atoms with Gasteiger partial charge in [-0.2, -0.15) is 0 Å². The predicted molar refractivity (Wildman–Crippen MR) is 217 cm³/mol. The summed E-state index contributed by atoms with van der Waals surface area (Å²) in [4.78, 5) is 101. The summed E-state index contributed by atoms with van der Waals surface area (Å²) >= 11 is 6.07. The number of benzene rings is 2. The number of likely N-dealkylation sites (N-methyl/N-ethyl adjacent to an activating group) is 1. The molecule has 3 aliphatic heterocycles. The van der Waals surface area contributed by atoms with E-state index in [1.807, 2.05) is 44.0 Å². The lowest BCUT2D eigenvalue weighted by molar-refractivity contribution is -0.152. The van der Waals surface area contributed by atoms with Crippen LogP contribution in [0.3, 0.4) is 0 Å². The fraction of sp³-hybridized carbons (Fsp3) is 0.537. The number of aryl methyl sites for hydroxylation is 1. The molecule has 0 radical (unpaired) electrons. The van der Waals surface area contributed by atoms with E-state index in [4.69, 9.17) is 11.6 Å². The number of halogens is 1. The number of hydrogen-bond acceptors (Lipinski definition) is 9. The van der Waals surface area contributed by atoms with Crippen LogP contribution in [0.25, 0.3) is 0 Å². The molecule has 58 heavy (non-hydrogen) atoms. The smallest absolute Gasteiger partial charge is 0.319 e. The Labute approximate surface area is 344 Å². The van der Waals surface area contributed by atoms with E-state index >= 15 is 0 Å². The van der Waals surface area contributed by atoms with E-state index in [-0.39, 0.29) is 43.7 Å². The topological polar surface area (TPSA) is 201 Å². The average molecular weight is 823 g/mol. The maximum absolute atomic E-state index is 14.3. The molecule has 0 aliphatic carbocycles. The summed E-state index contributed by atoms with van der Waals surface area (Å²) in [5, 5.41) is 21.5. The van der Waals surface area contributed by atoms with Gasteiger partial charge in [0.05, 0.1) is 12.6 Å². The molecular weight excluding hydrogens is 768 g/mol. The van der Waals surface area contributed by atoms with Gasteiger partial charge in [-0.15, -0.1) is 0 Å². The van der Waals surface area contributed by atoms with Gasteiger partial charge < -0.3 is 46.0 Å². The van der Waals surface area contributed by atoms with Crippen molar-refractivity contribution < 1.29 is 38.7 Å². The third-order valence-electron chi connectivity index (χ3n) is 11.0. The van der Waals surface area contributed by atoms with Gasteiger partial charge in [0.2, 0.25) is 29.5 Å². The number of hydrogen-bond donors (Lipinski definition) is 5. The Morgan fingerprint density at radius 2 is 1.59 bits per heavy atom. The predicted octanol–water partition coefficient (Wildman–Crippen LogP) is 1.32. The van der Waals surface area contributed by atoms with Gasteiger partial charge in [-0.25, -0.2) is 4.79 Å². The third kappa shape index (κ3) is 10.9. The molecule has 3 heterocycles. The van der Waals surface area contributed by atoms with Crippen LogP contribution >= 0.6 is 11.6 Å². The van der Waals surface area contributed by atoms with Crippen LogP contribution in [0.15, 0.2) is 48.5 Å². The Balaban J connectivity index is 1.27. The normalized spacial score (nSPS) is 22.4. The van der Waals surface area contributed by atoms with E-state index in [1.54, 1.807) is 37.3 Å². The molecule has 0 spiro atoms. The SMILES string of the molecule is CC(=O)[C@@H]1C[C@@H](C)CN1C(=O)[C@H](C)NC(=O)[C@@H]1CN(C)CCN1C(=O)[C@@H]1CCCN1C(=O)[C@H](CO)NC(=O)[C@H](Cc1cccc(C)c1)NC(=O)Nc1cccc(Cl)c1. The standard InChI is InChI=1S/C41H55ClN8O8/c1-24-9-6-10-28(17-24)19-31(46-41(58)44-30-12-7-11-29(42)20-30)36(53)45-32(23-51)39(56)48-14-8-13-33(48)40(57)49-16-15-47(5)22-35(49)37(54)43-26(3)38(55)50-21-25(2)18-34(50)27(4)52/h6-7,9-12,17,20,25-26,31-35,51H,8,13-16,18-19,21-23H2,1-5H3,(H,43,54)(H,45,53)(H2,44,46,58)/t25-,26+,31+,32+,33+,34+,35+/m1/s1. The number of rotatable bonds is 13. The molecule has 0 saturated carbocycles. The van der Waals surface area contributed by atoms with E-state index in [9.17, 15) is 38.7 Å². The van der Waals surface area contributed by atoms with Crippen molar-refractivity contribution >= 4 is 58.6 Å². The molecule has 3 saturated heterocycles. The molecule has 7 atom stereocenters. The highest BCUT2D eigenvalue weighted by molar-refractivity contribution is 6.30. The monoisotopic (exact) mass is 822 g/mol. The van der Waals surface area contributed by atoms with Crippen LogP contribution in [0.5, 0.6) is 0 Å². The summed E-state index contributed by atoms with van der Waals surface area (Å²) in [6, 6.07) is 7.15. The molecule has 2 aromatic rings. The number of aliphatic hydroxyl groups is 1. The van der Waals surface area contributed by atoms with Crippen LogP contribution < -0.4 is 21.3 Å². The van der Waals surface area contributed by atoms with Crippen LogP contribution in [0, 0.1) is 12.8 Å². The molecule has 2 aromatic carbocycles. The van der Waals surface area contributed by atoms with Crippen molar-refractivity contribution in [1.29, 1.82) is 0 Å². The molecule has 5 N–H and O–H groups in total. The van der Waals surface area contributed by atoms with Crippen LogP contribution in [0.1, 0.15) is 51.2 Å². The average Bonchev–Trinajstić information content (AvgIpc) is 3.83. The van der Waals surface area contributed by atoms with Crippen molar-refractivity contribution in [2.24, 2.45) is 5.92 Å². The first-order chi connectivity index (χ1) is 27.6. The third-order valence-corrected chi connectivity index (χ3v) is 11.2. The fourth-order valence-corrected chi connectivity index (χ4v) is 8.21. The van der Waals surface area contributed by atoms with E-state index < -0.39 is 72.5 Å². The number of nitrogens with one attached hydrogen (secondary N) is 4. The Morgan fingerprint density at radius 1 is 0.845 bits per heavy atom. The second-order valence-electron chi connectivity index (χ2n) is 15.8. The van der Waals surface area contributed by atoms with Gasteiger partial charge in [-0.1, -0.05) is 54.4 Å². The summed E-state index contributed by atoms with van der Waals surface area (Å²) in [7, 11) is 1.82. The zero-order chi connectivity index (χ0) is 42.3. The lowest BCUT2D eigenvalue weighted by atomic mass is 10.0. The molecule has 0 unspecified atom stereocenters. The van der Waals surface area contributed by atoms with Crippen molar-refractivity contribution in [2.45, 2.75) is 89.6 Å². The lowest BCUT2D eigenvalue weighted by Gasteiger charge is -2.41. The van der Waals surface area contributed by atoms with E-state index in [1.165, 1.54) is 21.6 Å². The number of carbonyl (C=O) groups excluding carboxylic acids is 7. The van der Waals surface area contributed by atoms with Gasteiger partial charge in [0.25, 0.3) is 0 Å². The number of amides is 7. The number of urea groups is 1. The van der Waals surface area contributed by atoms with Crippen molar-refractivity contribution in [3.05, 3.63) is 64.7 Å². The van der Waals surface area contributed by atoms with Crippen LogP contribution in [-0.4, -0.2) is 149 Å². The largest absolute Gasteiger partial charge is 0.394 e. The number of Topliss-reactive ketones (excluding diaryl/α,β-unsaturated/α-hetero) is 1. The molecule has 7 amide bonds. The highest BCUT2D eigenvalue weighted by atomic mass is 35.5. The molecule has 0 bridgehead atoms. The summed E-state index contributed by atoms with van der Waals surface area (Å²) < 4.78 is 0. The van der Waals surface area contributed by atoms with Crippen LogP contribution in [0.4, 0.5) is 10.5 Å². The lowest BCUT2D eigenvalue weighted by Crippen LogP contribution is -2.65. The number of ketones is 1. The Morgan fingerprint density at radius 3 is 2.28 bits per heavy atom. The van der Waals surface area contributed by atoms with Crippen LogP contribution in [0.2, 0.25) is 5.02 Å². The van der Waals surface area contributed by atoms with Gasteiger partial charge in [0, 0.05) is 49.9 Å². The number of carbonyl (C=O) groups is 7. The van der Waals surface area contributed by atoms with Crippen molar-refractivity contribution in [2.75, 3.05) is 51.7 Å². The van der Waals surface area contributed by atoms with Crippen molar-refractivity contribution in [3.8, 4) is 0 Å². The first-order valence-electron chi connectivity index (χ1n) is 19.8.